The number of hydrogen-bond acceptors (Lipinski definition) is 3. The number of ether oxygens (including phenoxy) is 1. The fourth-order valence-electron chi connectivity index (χ4n) is 1.81. The molecular formula is C13H20N2O. The molecule has 3 heteroatoms. The maximum absolute atomic E-state index is 5.55. The van der Waals surface area contributed by atoms with Crippen LogP contribution in [0.2, 0.25) is 0 Å². The first-order valence-electron chi connectivity index (χ1n) is 5.36. The molecule has 1 unspecified atom stereocenters. The number of hydrazine groups is 1. The molecule has 1 aromatic rings. The van der Waals surface area contributed by atoms with Gasteiger partial charge in [-0.05, 0) is 31.4 Å². The molecule has 1 atom stereocenters. The zero-order chi connectivity index (χ0) is 12.1. The van der Waals surface area contributed by atoms with Gasteiger partial charge in [-0.25, -0.2) is 0 Å². The van der Waals surface area contributed by atoms with E-state index in [1.54, 1.807) is 7.11 Å². The second-order valence-electron chi connectivity index (χ2n) is 3.87. The van der Waals surface area contributed by atoms with Crippen LogP contribution in [0.1, 0.15) is 29.2 Å². The number of benzene rings is 1. The zero-order valence-corrected chi connectivity index (χ0v) is 10.2. The lowest BCUT2D eigenvalue weighted by Gasteiger charge is -2.20. The van der Waals surface area contributed by atoms with Crippen LogP contribution in [0.25, 0.3) is 0 Å². The Balaban J connectivity index is 3.21. The van der Waals surface area contributed by atoms with Crippen LogP contribution in [0, 0.1) is 13.8 Å². The van der Waals surface area contributed by atoms with E-state index in [0.717, 1.165) is 23.3 Å². The van der Waals surface area contributed by atoms with Gasteiger partial charge in [0.15, 0.2) is 0 Å². The number of hydrogen-bond donors (Lipinski definition) is 2. The molecule has 0 aliphatic carbocycles. The van der Waals surface area contributed by atoms with Gasteiger partial charge in [0.2, 0.25) is 0 Å². The lowest BCUT2D eigenvalue weighted by molar-refractivity contribution is 0.396. The van der Waals surface area contributed by atoms with Crippen LogP contribution in [-0.4, -0.2) is 7.11 Å². The molecule has 0 fully saturated rings. The van der Waals surface area contributed by atoms with Crippen LogP contribution in [0.5, 0.6) is 5.75 Å². The summed E-state index contributed by atoms with van der Waals surface area (Å²) in [6.45, 7) is 7.86. The molecule has 0 spiro atoms. The van der Waals surface area contributed by atoms with Crippen LogP contribution in [0.3, 0.4) is 0 Å². The van der Waals surface area contributed by atoms with E-state index in [1.165, 1.54) is 5.56 Å². The first kappa shape index (κ1) is 12.7. The van der Waals surface area contributed by atoms with Crippen molar-refractivity contribution >= 4 is 0 Å². The molecule has 0 saturated carbocycles. The van der Waals surface area contributed by atoms with Gasteiger partial charge in [0.05, 0.1) is 13.2 Å². The van der Waals surface area contributed by atoms with E-state index in [0.29, 0.717) is 0 Å². The molecule has 1 rings (SSSR count). The van der Waals surface area contributed by atoms with Crippen molar-refractivity contribution in [2.75, 3.05) is 7.11 Å². The predicted molar refractivity (Wildman–Crippen MR) is 67.3 cm³/mol. The molecule has 0 radical (unpaired) electrons. The molecule has 88 valence electrons. The molecule has 0 aliphatic rings. The number of nitrogens with two attached hydrogens (primary N) is 1. The van der Waals surface area contributed by atoms with E-state index in [-0.39, 0.29) is 6.04 Å². The maximum Gasteiger partial charge on any atom is 0.126 e. The van der Waals surface area contributed by atoms with Crippen molar-refractivity contribution in [3.63, 3.8) is 0 Å². The summed E-state index contributed by atoms with van der Waals surface area (Å²) in [5.41, 5.74) is 6.24. The first-order valence-corrected chi connectivity index (χ1v) is 5.36. The number of rotatable bonds is 5. The van der Waals surface area contributed by atoms with Crippen molar-refractivity contribution in [2.24, 2.45) is 5.84 Å². The maximum atomic E-state index is 5.55. The highest BCUT2D eigenvalue weighted by Gasteiger charge is 2.15. The predicted octanol–water partition coefficient (Wildman–Crippen LogP) is 2.39. The summed E-state index contributed by atoms with van der Waals surface area (Å²) in [6, 6.07) is 4.18. The smallest absolute Gasteiger partial charge is 0.126 e. The van der Waals surface area contributed by atoms with Crippen molar-refractivity contribution < 1.29 is 4.74 Å². The minimum absolute atomic E-state index is 0.0479. The van der Waals surface area contributed by atoms with Crippen molar-refractivity contribution in [1.29, 1.82) is 0 Å². The van der Waals surface area contributed by atoms with Gasteiger partial charge in [0.25, 0.3) is 0 Å². The molecule has 3 N–H and O–H groups in total. The summed E-state index contributed by atoms with van der Waals surface area (Å²) in [5, 5.41) is 0. The van der Waals surface area contributed by atoms with E-state index in [2.05, 4.69) is 38.0 Å². The first-order chi connectivity index (χ1) is 7.65. The highest BCUT2D eigenvalue weighted by Crippen LogP contribution is 2.31. The normalized spacial score (nSPS) is 12.2. The molecular weight excluding hydrogens is 200 g/mol. The van der Waals surface area contributed by atoms with Gasteiger partial charge in [-0.15, -0.1) is 6.58 Å². The summed E-state index contributed by atoms with van der Waals surface area (Å²) in [7, 11) is 1.69. The fourth-order valence-corrected chi connectivity index (χ4v) is 1.81. The van der Waals surface area contributed by atoms with Gasteiger partial charge in [-0.1, -0.05) is 18.2 Å². The Morgan fingerprint density at radius 2 is 2.19 bits per heavy atom. The SMILES string of the molecule is C=CCC(NN)c1ccc(C)c(C)c1OC. The van der Waals surface area contributed by atoms with Gasteiger partial charge in [0, 0.05) is 5.56 Å². The molecule has 0 aliphatic heterocycles. The van der Waals surface area contributed by atoms with E-state index in [9.17, 15) is 0 Å². The van der Waals surface area contributed by atoms with E-state index < -0.39 is 0 Å². The number of methoxy groups -OCH3 is 1. The largest absolute Gasteiger partial charge is 0.496 e. The fraction of sp³-hybridized carbons (Fsp3) is 0.385. The molecule has 0 amide bonds. The second-order valence-corrected chi connectivity index (χ2v) is 3.87. The van der Waals surface area contributed by atoms with Gasteiger partial charge in [0.1, 0.15) is 5.75 Å². The highest BCUT2D eigenvalue weighted by molar-refractivity contribution is 5.46. The van der Waals surface area contributed by atoms with Crippen LogP contribution < -0.4 is 16.0 Å². The van der Waals surface area contributed by atoms with Crippen LogP contribution >= 0.6 is 0 Å². The Labute approximate surface area is 97.3 Å². The summed E-state index contributed by atoms with van der Waals surface area (Å²) < 4.78 is 5.46. The highest BCUT2D eigenvalue weighted by atomic mass is 16.5. The van der Waals surface area contributed by atoms with Crippen molar-refractivity contribution in [3.8, 4) is 5.75 Å². The summed E-state index contributed by atoms with van der Waals surface area (Å²) in [4.78, 5) is 0. The molecule has 16 heavy (non-hydrogen) atoms. The van der Waals surface area contributed by atoms with Crippen LogP contribution in [0.15, 0.2) is 24.8 Å². The molecule has 0 saturated heterocycles. The quantitative estimate of drug-likeness (QED) is 0.455. The average molecular weight is 220 g/mol. The van der Waals surface area contributed by atoms with E-state index >= 15 is 0 Å². The third-order valence-corrected chi connectivity index (χ3v) is 2.89. The lowest BCUT2D eigenvalue weighted by Crippen LogP contribution is -2.28. The summed E-state index contributed by atoms with van der Waals surface area (Å²) in [5.74, 6) is 6.46. The molecule has 0 heterocycles. The third-order valence-electron chi connectivity index (χ3n) is 2.89. The van der Waals surface area contributed by atoms with Gasteiger partial charge < -0.3 is 4.74 Å². The minimum Gasteiger partial charge on any atom is -0.496 e. The molecule has 0 bridgehead atoms. The minimum atomic E-state index is 0.0479. The van der Waals surface area contributed by atoms with Crippen molar-refractivity contribution in [1.82, 2.24) is 5.43 Å². The molecule has 0 aromatic heterocycles. The van der Waals surface area contributed by atoms with Gasteiger partial charge >= 0.3 is 0 Å². The molecule has 1 aromatic carbocycles. The standard InChI is InChI=1S/C13H20N2O/c1-5-6-12(15-14)11-8-7-9(2)10(3)13(11)16-4/h5,7-8,12,15H,1,6,14H2,2-4H3. The summed E-state index contributed by atoms with van der Waals surface area (Å²) in [6.07, 6.45) is 2.62. The van der Waals surface area contributed by atoms with Crippen molar-refractivity contribution in [2.45, 2.75) is 26.3 Å². The monoisotopic (exact) mass is 220 g/mol. The number of aryl methyl sites for hydroxylation is 1. The Kier molecular flexibility index (Phi) is 4.52. The Bertz CT molecular complexity index is 374. The second kappa shape index (κ2) is 5.68. The zero-order valence-electron chi connectivity index (χ0n) is 10.2. The van der Waals surface area contributed by atoms with E-state index in [1.807, 2.05) is 6.08 Å². The van der Waals surface area contributed by atoms with E-state index in [4.69, 9.17) is 10.6 Å². The third kappa shape index (κ3) is 2.43. The average Bonchev–Trinajstić information content (AvgIpc) is 2.29. The summed E-state index contributed by atoms with van der Waals surface area (Å²) >= 11 is 0. The van der Waals surface area contributed by atoms with Crippen molar-refractivity contribution in [3.05, 3.63) is 41.5 Å². The lowest BCUT2D eigenvalue weighted by atomic mass is 9.97. The Hall–Kier alpha value is -1.32. The van der Waals surface area contributed by atoms with Crippen LogP contribution in [0.4, 0.5) is 0 Å². The topological polar surface area (TPSA) is 47.3 Å². The molecule has 3 nitrogen and oxygen atoms in total. The van der Waals surface area contributed by atoms with Crippen LogP contribution in [-0.2, 0) is 0 Å². The Morgan fingerprint density at radius 3 is 2.69 bits per heavy atom. The van der Waals surface area contributed by atoms with Gasteiger partial charge in [-0.3, -0.25) is 11.3 Å². The number of nitrogens with one attached hydrogen (secondary N) is 1. The Morgan fingerprint density at radius 1 is 1.50 bits per heavy atom. The van der Waals surface area contributed by atoms with Gasteiger partial charge in [-0.2, -0.15) is 0 Å².